The van der Waals surface area contributed by atoms with E-state index >= 15 is 0 Å². The number of sulfonamides is 1. The number of benzene rings is 1. The van der Waals surface area contributed by atoms with Crippen molar-refractivity contribution in [2.75, 3.05) is 29.6 Å². The molecule has 3 unspecified atom stereocenters. The molecule has 0 aliphatic carbocycles. The van der Waals surface area contributed by atoms with Crippen molar-refractivity contribution in [3.8, 4) is 0 Å². The van der Waals surface area contributed by atoms with Crippen molar-refractivity contribution >= 4 is 44.2 Å². The normalized spacial score (nSPS) is 14.5. The molecule has 1 aromatic carbocycles. The third-order valence-corrected chi connectivity index (χ3v) is 7.74. The van der Waals surface area contributed by atoms with Gasteiger partial charge in [0.15, 0.2) is 5.13 Å². The standard InChI is InChI=1S/C20H27F2N3O5S3.H2/c1-25(33(3,29)30)20-24-16(11-32-20)19(28)23-15(18(27)17(26)5-4-6-31-2)9-12-7-13(21)10-14(22)8-12;/h7-8,10-11,15,17-18,26-27H,4-6,9H2,1-3H3,(H,23,28);1H. The van der Waals surface area contributed by atoms with E-state index in [0.29, 0.717) is 12.5 Å². The topological polar surface area (TPSA) is 120 Å². The van der Waals surface area contributed by atoms with E-state index in [2.05, 4.69) is 10.3 Å². The molecule has 0 saturated heterocycles. The molecule has 0 saturated carbocycles. The van der Waals surface area contributed by atoms with Crippen LogP contribution in [0.15, 0.2) is 23.6 Å². The quantitative estimate of drug-likeness (QED) is 0.364. The predicted octanol–water partition coefficient (Wildman–Crippen LogP) is 2.27. The minimum atomic E-state index is -3.57. The number of carbonyl (C=O) groups is 1. The highest BCUT2D eigenvalue weighted by Gasteiger charge is 2.29. The Morgan fingerprint density at radius 3 is 2.52 bits per heavy atom. The van der Waals surface area contributed by atoms with E-state index in [1.807, 2.05) is 6.26 Å². The van der Waals surface area contributed by atoms with Crippen LogP contribution in [0.25, 0.3) is 0 Å². The maximum Gasteiger partial charge on any atom is 0.271 e. The highest BCUT2D eigenvalue weighted by atomic mass is 32.2. The maximum atomic E-state index is 13.6. The molecule has 3 N–H and O–H groups in total. The van der Waals surface area contributed by atoms with Gasteiger partial charge in [0.05, 0.1) is 18.4 Å². The van der Waals surface area contributed by atoms with Gasteiger partial charge >= 0.3 is 0 Å². The Bertz CT molecular complexity index is 1040. The smallest absolute Gasteiger partial charge is 0.271 e. The molecule has 8 nitrogen and oxygen atoms in total. The lowest BCUT2D eigenvalue weighted by atomic mass is 9.95. The predicted molar refractivity (Wildman–Crippen MR) is 128 cm³/mol. The average molecular weight is 526 g/mol. The van der Waals surface area contributed by atoms with Gasteiger partial charge in [-0.05, 0) is 49.0 Å². The fourth-order valence-corrected chi connectivity index (χ4v) is 5.00. The largest absolute Gasteiger partial charge is 0.390 e. The van der Waals surface area contributed by atoms with Gasteiger partial charge < -0.3 is 15.5 Å². The molecule has 0 aliphatic heterocycles. The number of halogens is 2. The van der Waals surface area contributed by atoms with Gasteiger partial charge in [0.1, 0.15) is 23.4 Å². The van der Waals surface area contributed by atoms with Crippen LogP contribution in [0.5, 0.6) is 0 Å². The summed E-state index contributed by atoms with van der Waals surface area (Å²) in [5.74, 6) is -1.57. The molecule has 1 aromatic heterocycles. The summed E-state index contributed by atoms with van der Waals surface area (Å²) < 4.78 is 51.6. The number of anilines is 1. The number of thiazole rings is 1. The lowest BCUT2D eigenvalue weighted by molar-refractivity contribution is -0.00736. The van der Waals surface area contributed by atoms with E-state index < -0.39 is 45.8 Å². The van der Waals surface area contributed by atoms with Gasteiger partial charge in [-0.2, -0.15) is 11.8 Å². The summed E-state index contributed by atoms with van der Waals surface area (Å²) >= 11 is 2.52. The van der Waals surface area contributed by atoms with Gasteiger partial charge in [0.25, 0.3) is 5.91 Å². The molecule has 0 aliphatic rings. The Kier molecular flexibility index (Phi) is 10.0. The van der Waals surface area contributed by atoms with Crippen LogP contribution in [0.2, 0.25) is 0 Å². The van der Waals surface area contributed by atoms with Crippen molar-refractivity contribution in [1.29, 1.82) is 0 Å². The second kappa shape index (κ2) is 12.1. The number of nitrogens with one attached hydrogen (secondary N) is 1. The van der Waals surface area contributed by atoms with Gasteiger partial charge in [-0.1, -0.05) is 0 Å². The van der Waals surface area contributed by atoms with E-state index in [0.717, 1.165) is 39.8 Å². The first-order valence-corrected chi connectivity index (χ1v) is 14.0. The first kappa shape index (κ1) is 27.4. The lowest BCUT2D eigenvalue weighted by Gasteiger charge is -2.28. The first-order valence-electron chi connectivity index (χ1n) is 9.92. The summed E-state index contributed by atoms with van der Waals surface area (Å²) in [7, 11) is -2.27. The van der Waals surface area contributed by atoms with Crippen LogP contribution in [0.3, 0.4) is 0 Å². The summed E-state index contributed by atoms with van der Waals surface area (Å²) in [6, 6.07) is 1.79. The highest BCUT2D eigenvalue weighted by Crippen LogP contribution is 2.22. The van der Waals surface area contributed by atoms with E-state index in [1.165, 1.54) is 12.4 Å². The zero-order valence-corrected chi connectivity index (χ0v) is 20.8. The third-order valence-electron chi connectivity index (χ3n) is 4.84. The Labute approximate surface area is 201 Å². The summed E-state index contributed by atoms with van der Waals surface area (Å²) in [4.78, 5) is 16.8. The minimum absolute atomic E-state index is 0. The molecule has 186 valence electrons. The molecular weight excluding hydrogens is 496 g/mol. The number of aromatic nitrogens is 1. The van der Waals surface area contributed by atoms with Crippen molar-refractivity contribution in [2.45, 2.75) is 37.5 Å². The van der Waals surface area contributed by atoms with E-state index in [4.69, 9.17) is 0 Å². The summed E-state index contributed by atoms with van der Waals surface area (Å²) in [6.45, 7) is 0. The van der Waals surface area contributed by atoms with Gasteiger partial charge in [0, 0.05) is 19.9 Å². The van der Waals surface area contributed by atoms with Crippen LogP contribution in [0.1, 0.15) is 30.3 Å². The Balaban J connectivity index is 0.00000578. The number of hydrogen-bond donors (Lipinski definition) is 3. The molecule has 3 atom stereocenters. The lowest BCUT2D eigenvalue weighted by Crippen LogP contribution is -2.50. The summed E-state index contributed by atoms with van der Waals surface area (Å²) in [5, 5.41) is 25.1. The number of aliphatic hydroxyl groups excluding tert-OH is 2. The number of thioether (sulfide) groups is 1. The van der Waals surface area contributed by atoms with Crippen molar-refractivity contribution in [2.24, 2.45) is 0 Å². The third kappa shape index (κ3) is 8.18. The van der Waals surface area contributed by atoms with Crippen molar-refractivity contribution in [3.05, 3.63) is 46.5 Å². The van der Waals surface area contributed by atoms with Crippen LogP contribution in [-0.4, -0.2) is 73.1 Å². The van der Waals surface area contributed by atoms with Crippen molar-refractivity contribution < 1.29 is 33.6 Å². The molecular formula is C20H29F2N3O5S3. The Morgan fingerprint density at radius 2 is 1.94 bits per heavy atom. The van der Waals surface area contributed by atoms with Crippen LogP contribution in [0, 0.1) is 11.6 Å². The van der Waals surface area contributed by atoms with Gasteiger partial charge in [-0.3, -0.25) is 4.79 Å². The van der Waals surface area contributed by atoms with Crippen molar-refractivity contribution in [3.63, 3.8) is 0 Å². The zero-order chi connectivity index (χ0) is 24.8. The Morgan fingerprint density at radius 1 is 1.30 bits per heavy atom. The molecule has 2 aromatic rings. The zero-order valence-electron chi connectivity index (χ0n) is 18.4. The molecule has 1 amide bonds. The molecule has 0 fully saturated rings. The molecule has 0 radical (unpaired) electrons. The van der Waals surface area contributed by atoms with E-state index in [-0.39, 0.29) is 30.7 Å². The average Bonchev–Trinajstić information content (AvgIpc) is 3.21. The first-order chi connectivity index (χ1) is 15.4. The number of hydrogen-bond acceptors (Lipinski definition) is 8. The SMILES string of the molecule is CSCCCC(O)C(O)C(Cc1cc(F)cc(F)c1)NC(=O)c1csc(N(C)S(C)(=O)=O)n1.[HH]. The molecule has 2 rings (SSSR count). The second-order valence-electron chi connectivity index (χ2n) is 7.50. The van der Waals surface area contributed by atoms with E-state index in [9.17, 15) is 32.2 Å². The molecule has 0 spiro atoms. The molecule has 33 heavy (non-hydrogen) atoms. The van der Waals surface area contributed by atoms with E-state index in [1.54, 1.807) is 11.8 Å². The number of aliphatic hydroxyl groups is 2. The fraction of sp³-hybridized carbons (Fsp3) is 0.500. The highest BCUT2D eigenvalue weighted by molar-refractivity contribution is 7.98. The van der Waals surface area contributed by atoms with Gasteiger partial charge in [-0.25, -0.2) is 26.5 Å². The van der Waals surface area contributed by atoms with Crippen LogP contribution < -0.4 is 9.62 Å². The molecule has 1 heterocycles. The molecule has 13 heteroatoms. The molecule has 0 bridgehead atoms. The fourth-order valence-electron chi connectivity index (χ4n) is 3.01. The number of nitrogens with zero attached hydrogens (tertiary/aromatic N) is 2. The number of rotatable bonds is 12. The summed E-state index contributed by atoms with van der Waals surface area (Å²) in [5.41, 5.74) is 0.0916. The van der Waals surface area contributed by atoms with Crippen LogP contribution in [-0.2, 0) is 16.4 Å². The van der Waals surface area contributed by atoms with Gasteiger partial charge in [-0.15, -0.1) is 11.3 Å². The van der Waals surface area contributed by atoms with Crippen LogP contribution in [0.4, 0.5) is 13.9 Å². The van der Waals surface area contributed by atoms with Gasteiger partial charge in [0.2, 0.25) is 10.0 Å². The number of amides is 1. The monoisotopic (exact) mass is 525 g/mol. The summed E-state index contributed by atoms with van der Waals surface area (Å²) in [6.07, 6.45) is 1.06. The number of carbonyl (C=O) groups excluding carboxylic acids is 1. The minimum Gasteiger partial charge on any atom is -0.390 e. The van der Waals surface area contributed by atoms with Crippen molar-refractivity contribution in [1.82, 2.24) is 10.3 Å². The maximum absolute atomic E-state index is 13.6. The van der Waals surface area contributed by atoms with Crippen LogP contribution >= 0.6 is 23.1 Å². The second-order valence-corrected chi connectivity index (χ2v) is 11.3. The Hall–Kier alpha value is -1.80.